The van der Waals surface area contributed by atoms with Gasteiger partial charge in [-0.1, -0.05) is 35.9 Å². The largest absolute Gasteiger partial charge is 0.308 e. The van der Waals surface area contributed by atoms with Crippen LogP contribution in [-0.2, 0) is 6.54 Å². The molecule has 4 heteroatoms. The number of guanidine groups is 1. The molecule has 0 N–H and O–H groups in total. The molecule has 2 heterocycles. The van der Waals surface area contributed by atoms with Crippen molar-refractivity contribution in [3.05, 3.63) is 59.1 Å². The monoisotopic (exact) mass is 283 g/mol. The summed E-state index contributed by atoms with van der Waals surface area (Å²) < 4.78 is 0. The SMILES string of the molecule is Clc1cccc(CN2C3=NCCN3c3ccccc32)c1. The lowest BCUT2D eigenvalue weighted by Crippen LogP contribution is -2.34. The molecule has 100 valence electrons. The van der Waals surface area contributed by atoms with Gasteiger partial charge in [0.1, 0.15) is 0 Å². The molecule has 2 aromatic rings. The maximum atomic E-state index is 6.08. The molecule has 0 saturated carbocycles. The van der Waals surface area contributed by atoms with E-state index in [2.05, 4.69) is 45.1 Å². The molecule has 0 aliphatic carbocycles. The lowest BCUT2D eigenvalue weighted by molar-refractivity contribution is 1.01. The van der Waals surface area contributed by atoms with Gasteiger partial charge in [0.05, 0.1) is 24.5 Å². The Morgan fingerprint density at radius 3 is 2.75 bits per heavy atom. The van der Waals surface area contributed by atoms with Crippen molar-refractivity contribution in [1.29, 1.82) is 0 Å². The summed E-state index contributed by atoms with van der Waals surface area (Å²) in [5, 5.41) is 0.778. The summed E-state index contributed by atoms with van der Waals surface area (Å²) in [5.41, 5.74) is 3.68. The highest BCUT2D eigenvalue weighted by Crippen LogP contribution is 2.39. The van der Waals surface area contributed by atoms with Crippen molar-refractivity contribution in [3.63, 3.8) is 0 Å². The zero-order valence-corrected chi connectivity index (χ0v) is 11.7. The fraction of sp³-hybridized carbons (Fsp3) is 0.188. The summed E-state index contributed by atoms with van der Waals surface area (Å²) in [6.07, 6.45) is 0. The Kier molecular flexibility index (Phi) is 2.67. The van der Waals surface area contributed by atoms with Crippen LogP contribution in [0.5, 0.6) is 0 Å². The quantitative estimate of drug-likeness (QED) is 0.839. The molecule has 0 unspecified atom stereocenters. The van der Waals surface area contributed by atoms with Crippen LogP contribution in [-0.4, -0.2) is 19.0 Å². The van der Waals surface area contributed by atoms with Gasteiger partial charge < -0.3 is 9.80 Å². The second kappa shape index (κ2) is 4.53. The predicted molar refractivity (Wildman–Crippen MR) is 83.7 cm³/mol. The van der Waals surface area contributed by atoms with E-state index in [0.29, 0.717) is 0 Å². The van der Waals surface area contributed by atoms with Crippen molar-refractivity contribution in [2.75, 3.05) is 22.9 Å². The van der Waals surface area contributed by atoms with E-state index < -0.39 is 0 Å². The van der Waals surface area contributed by atoms with Crippen LogP contribution in [0.1, 0.15) is 5.56 Å². The molecule has 0 spiro atoms. The molecular formula is C16H14ClN3. The number of nitrogens with zero attached hydrogens (tertiary/aromatic N) is 3. The van der Waals surface area contributed by atoms with Crippen LogP contribution in [0.25, 0.3) is 0 Å². The summed E-state index contributed by atoms with van der Waals surface area (Å²) in [6.45, 7) is 2.64. The summed E-state index contributed by atoms with van der Waals surface area (Å²) in [4.78, 5) is 9.21. The van der Waals surface area contributed by atoms with Crippen molar-refractivity contribution < 1.29 is 0 Å². The lowest BCUT2D eigenvalue weighted by atomic mass is 10.2. The Balaban J connectivity index is 1.74. The third kappa shape index (κ3) is 1.78. The van der Waals surface area contributed by atoms with E-state index in [9.17, 15) is 0 Å². The normalized spacial score (nSPS) is 16.1. The van der Waals surface area contributed by atoms with Gasteiger partial charge >= 0.3 is 0 Å². The molecule has 4 rings (SSSR count). The maximum absolute atomic E-state index is 6.08. The number of hydrogen-bond acceptors (Lipinski definition) is 3. The molecule has 2 aromatic carbocycles. The molecule has 0 radical (unpaired) electrons. The number of para-hydroxylation sites is 2. The van der Waals surface area contributed by atoms with E-state index in [1.807, 2.05) is 18.2 Å². The maximum Gasteiger partial charge on any atom is 0.206 e. The predicted octanol–water partition coefficient (Wildman–Crippen LogP) is 3.54. The minimum atomic E-state index is 0.778. The number of halogens is 1. The number of fused-ring (bicyclic) bond motifs is 3. The lowest BCUT2D eigenvalue weighted by Gasteiger charge is -2.19. The molecule has 0 fully saturated rings. The van der Waals surface area contributed by atoms with E-state index in [1.54, 1.807) is 0 Å². The van der Waals surface area contributed by atoms with Gasteiger partial charge in [-0.05, 0) is 29.8 Å². The minimum Gasteiger partial charge on any atom is -0.308 e. The molecular weight excluding hydrogens is 270 g/mol. The van der Waals surface area contributed by atoms with Crippen molar-refractivity contribution in [3.8, 4) is 0 Å². The van der Waals surface area contributed by atoms with Crippen LogP contribution in [0, 0.1) is 0 Å². The van der Waals surface area contributed by atoms with E-state index in [1.165, 1.54) is 16.9 Å². The fourth-order valence-corrected chi connectivity index (χ4v) is 3.11. The highest BCUT2D eigenvalue weighted by atomic mass is 35.5. The van der Waals surface area contributed by atoms with Crippen LogP contribution in [0.3, 0.4) is 0 Å². The smallest absolute Gasteiger partial charge is 0.206 e. The fourth-order valence-electron chi connectivity index (χ4n) is 2.90. The molecule has 0 aromatic heterocycles. The van der Waals surface area contributed by atoms with Crippen LogP contribution >= 0.6 is 11.6 Å². The van der Waals surface area contributed by atoms with Gasteiger partial charge in [-0.2, -0.15) is 0 Å². The van der Waals surface area contributed by atoms with E-state index >= 15 is 0 Å². The third-order valence-corrected chi connectivity index (χ3v) is 3.99. The second-order valence-electron chi connectivity index (χ2n) is 5.04. The Hall–Kier alpha value is -2.00. The van der Waals surface area contributed by atoms with Crippen molar-refractivity contribution in [2.45, 2.75) is 6.54 Å². The van der Waals surface area contributed by atoms with Gasteiger partial charge in [-0.3, -0.25) is 4.99 Å². The number of aliphatic imine (C=N–C) groups is 1. The first kappa shape index (κ1) is 11.8. The minimum absolute atomic E-state index is 0.778. The summed E-state index contributed by atoms with van der Waals surface area (Å²) in [7, 11) is 0. The van der Waals surface area contributed by atoms with Crippen LogP contribution in [0.2, 0.25) is 5.02 Å². The van der Waals surface area contributed by atoms with Gasteiger partial charge in [0.15, 0.2) is 0 Å². The third-order valence-electron chi connectivity index (χ3n) is 3.75. The molecule has 0 bridgehead atoms. The van der Waals surface area contributed by atoms with Crippen molar-refractivity contribution >= 4 is 28.9 Å². The molecule has 2 aliphatic rings. The number of anilines is 2. The van der Waals surface area contributed by atoms with E-state index in [0.717, 1.165) is 30.6 Å². The van der Waals surface area contributed by atoms with Gasteiger partial charge in [-0.15, -0.1) is 0 Å². The molecule has 0 saturated heterocycles. The zero-order valence-electron chi connectivity index (χ0n) is 11.0. The molecule has 3 nitrogen and oxygen atoms in total. The van der Waals surface area contributed by atoms with Gasteiger partial charge in [0.2, 0.25) is 5.96 Å². The number of hydrogen-bond donors (Lipinski definition) is 0. The standard InChI is InChI=1S/C16H14ClN3/c17-13-5-3-4-12(10-13)11-20-15-7-2-1-6-14(15)19-9-8-18-16(19)20/h1-7,10H,8-9,11H2. The van der Waals surface area contributed by atoms with Crippen molar-refractivity contribution in [2.24, 2.45) is 4.99 Å². The van der Waals surface area contributed by atoms with E-state index in [4.69, 9.17) is 11.6 Å². The van der Waals surface area contributed by atoms with Crippen LogP contribution < -0.4 is 9.80 Å². The summed E-state index contributed by atoms with van der Waals surface area (Å²) >= 11 is 6.08. The summed E-state index contributed by atoms with van der Waals surface area (Å²) in [6, 6.07) is 16.5. The Bertz CT molecular complexity index is 696. The molecule has 20 heavy (non-hydrogen) atoms. The first-order chi connectivity index (χ1) is 9.83. The first-order valence-corrected chi connectivity index (χ1v) is 7.14. The van der Waals surface area contributed by atoms with Crippen LogP contribution in [0.15, 0.2) is 53.5 Å². The molecule has 0 amide bonds. The highest BCUT2D eigenvalue weighted by Gasteiger charge is 2.34. The van der Waals surface area contributed by atoms with Gasteiger partial charge in [0, 0.05) is 11.6 Å². The highest BCUT2D eigenvalue weighted by molar-refractivity contribution is 6.30. The second-order valence-corrected chi connectivity index (χ2v) is 5.47. The Morgan fingerprint density at radius 2 is 1.90 bits per heavy atom. The van der Waals surface area contributed by atoms with Crippen molar-refractivity contribution in [1.82, 2.24) is 0 Å². The average molecular weight is 284 g/mol. The van der Waals surface area contributed by atoms with Gasteiger partial charge in [-0.25, -0.2) is 0 Å². The van der Waals surface area contributed by atoms with Gasteiger partial charge in [0.25, 0.3) is 0 Å². The molecule has 0 atom stereocenters. The average Bonchev–Trinajstić information content (AvgIpc) is 3.03. The first-order valence-electron chi connectivity index (χ1n) is 6.76. The Morgan fingerprint density at radius 1 is 1.05 bits per heavy atom. The Labute approximate surface area is 123 Å². The summed E-state index contributed by atoms with van der Waals surface area (Å²) in [5.74, 6) is 1.06. The zero-order chi connectivity index (χ0) is 13.5. The van der Waals surface area contributed by atoms with E-state index in [-0.39, 0.29) is 0 Å². The number of rotatable bonds is 2. The molecule has 2 aliphatic heterocycles. The topological polar surface area (TPSA) is 18.8 Å². The number of benzene rings is 2. The van der Waals surface area contributed by atoms with Crippen LogP contribution in [0.4, 0.5) is 11.4 Å².